The van der Waals surface area contributed by atoms with Crippen molar-refractivity contribution in [2.24, 2.45) is 0 Å². The Bertz CT molecular complexity index is 1450. The van der Waals surface area contributed by atoms with Crippen LogP contribution in [0, 0.1) is 6.92 Å². The molecule has 5 rings (SSSR count). The number of nitrogens with one attached hydrogen (secondary N) is 1. The highest BCUT2D eigenvalue weighted by Gasteiger charge is 2.32. The molecule has 1 unspecified atom stereocenters. The smallest absolute Gasteiger partial charge is 0.252 e. The Labute approximate surface area is 222 Å². The van der Waals surface area contributed by atoms with E-state index < -0.39 is 9.84 Å². The highest BCUT2D eigenvalue weighted by atomic mass is 32.2. The number of carbonyl (C=O) groups is 1. The van der Waals surface area contributed by atoms with E-state index in [1.807, 2.05) is 13.0 Å². The normalized spacial score (nSPS) is 19.5. The van der Waals surface area contributed by atoms with Crippen LogP contribution in [-0.2, 0) is 14.6 Å². The first kappa shape index (κ1) is 26.4. The molecule has 0 radical (unpaired) electrons. The van der Waals surface area contributed by atoms with Gasteiger partial charge in [0.2, 0.25) is 0 Å². The van der Waals surface area contributed by atoms with E-state index in [-0.39, 0.29) is 23.5 Å². The quantitative estimate of drug-likeness (QED) is 0.453. The zero-order valence-electron chi connectivity index (χ0n) is 21.9. The maximum absolute atomic E-state index is 13.5. The molecule has 4 heterocycles. The van der Waals surface area contributed by atoms with E-state index in [1.165, 1.54) is 0 Å². The van der Waals surface area contributed by atoms with E-state index in [9.17, 15) is 13.2 Å². The number of aromatic nitrogens is 3. The Morgan fingerprint density at radius 1 is 1.16 bits per heavy atom. The van der Waals surface area contributed by atoms with Gasteiger partial charge in [0.1, 0.15) is 0 Å². The molecular weight excluding hydrogens is 510 g/mol. The average Bonchev–Trinajstić information content (AvgIpc) is 3.46. The van der Waals surface area contributed by atoms with Gasteiger partial charge in [-0.25, -0.2) is 18.1 Å². The van der Waals surface area contributed by atoms with Crippen molar-refractivity contribution in [1.29, 1.82) is 0 Å². The third-order valence-electron chi connectivity index (χ3n) is 7.13. The number of hydrogen-bond donors (Lipinski definition) is 1. The van der Waals surface area contributed by atoms with Gasteiger partial charge in [0.15, 0.2) is 27.0 Å². The number of ether oxygens (including phenoxy) is 3. The van der Waals surface area contributed by atoms with Crippen molar-refractivity contribution < 1.29 is 27.4 Å². The summed E-state index contributed by atoms with van der Waals surface area (Å²) in [6.45, 7) is 6.12. The minimum absolute atomic E-state index is 0.00651. The monoisotopic (exact) mass is 543 g/mol. The number of pyridine rings is 1. The third-order valence-corrected chi connectivity index (χ3v) is 8.88. The summed E-state index contributed by atoms with van der Waals surface area (Å²) < 4.78 is 42.4. The van der Waals surface area contributed by atoms with Crippen molar-refractivity contribution in [3.63, 3.8) is 0 Å². The van der Waals surface area contributed by atoms with Crippen LogP contribution in [0.4, 0.5) is 0 Å². The lowest BCUT2D eigenvalue weighted by atomic mass is 10.0. The van der Waals surface area contributed by atoms with Gasteiger partial charge in [-0.1, -0.05) is 0 Å². The van der Waals surface area contributed by atoms with Crippen LogP contribution in [0.3, 0.4) is 0 Å². The van der Waals surface area contributed by atoms with Crippen LogP contribution in [0.25, 0.3) is 22.3 Å². The molecule has 3 aromatic rings. The molecule has 38 heavy (non-hydrogen) atoms. The second-order valence-corrected chi connectivity index (χ2v) is 11.8. The van der Waals surface area contributed by atoms with Gasteiger partial charge in [0, 0.05) is 31.7 Å². The molecule has 0 spiro atoms. The Kier molecular flexibility index (Phi) is 7.55. The van der Waals surface area contributed by atoms with Crippen molar-refractivity contribution in [3.8, 4) is 22.8 Å². The molecule has 2 aliphatic heterocycles. The van der Waals surface area contributed by atoms with E-state index in [0.717, 1.165) is 25.2 Å². The largest absolute Gasteiger partial charge is 0.493 e. The van der Waals surface area contributed by atoms with Gasteiger partial charge < -0.3 is 19.5 Å². The topological polar surface area (TPSA) is 125 Å². The summed E-state index contributed by atoms with van der Waals surface area (Å²) >= 11 is 0. The standard InChI is InChI=1S/C26H33N5O6S/c1-17-24-20(26(32)27-7-8-30-9-11-37-12-10-30)15-21(18-4-5-22(35-2)23(14-18)36-3)28-25(24)31(29-17)19-6-13-38(33,34)16-19/h4-5,14-15,19H,6-13,16H2,1-3H3,(H,27,32). The van der Waals surface area contributed by atoms with Crippen molar-refractivity contribution in [1.82, 2.24) is 25.0 Å². The molecule has 2 fully saturated rings. The fourth-order valence-electron chi connectivity index (χ4n) is 5.11. The minimum Gasteiger partial charge on any atom is -0.493 e. The summed E-state index contributed by atoms with van der Waals surface area (Å²) in [6, 6.07) is 6.87. The van der Waals surface area contributed by atoms with Gasteiger partial charge in [0.25, 0.3) is 5.91 Å². The lowest BCUT2D eigenvalue weighted by Gasteiger charge is -2.26. The summed E-state index contributed by atoms with van der Waals surface area (Å²) in [5.74, 6) is 1.01. The van der Waals surface area contributed by atoms with Crippen molar-refractivity contribution in [3.05, 3.63) is 35.5 Å². The summed E-state index contributed by atoms with van der Waals surface area (Å²) in [5, 5.41) is 8.35. The average molecular weight is 544 g/mol. The highest BCUT2D eigenvalue weighted by Crippen LogP contribution is 2.35. The zero-order valence-corrected chi connectivity index (χ0v) is 22.7. The van der Waals surface area contributed by atoms with Crippen LogP contribution in [0.1, 0.15) is 28.5 Å². The molecule has 0 aliphatic carbocycles. The van der Waals surface area contributed by atoms with Crippen LogP contribution in [0.5, 0.6) is 11.5 Å². The number of aryl methyl sites for hydroxylation is 1. The molecule has 0 saturated carbocycles. The minimum atomic E-state index is -3.14. The number of amides is 1. The highest BCUT2D eigenvalue weighted by molar-refractivity contribution is 7.91. The maximum Gasteiger partial charge on any atom is 0.252 e. The summed E-state index contributed by atoms with van der Waals surface area (Å²) in [4.78, 5) is 20.7. The SMILES string of the molecule is COc1ccc(-c2cc(C(=O)NCCN3CCOCC3)c3c(C)nn(C4CCS(=O)(=O)C4)c3n2)cc1OC. The zero-order chi connectivity index (χ0) is 26.9. The van der Waals surface area contributed by atoms with Gasteiger partial charge in [-0.15, -0.1) is 0 Å². The molecular formula is C26H33N5O6S. The molecule has 0 bridgehead atoms. The maximum atomic E-state index is 13.5. The Morgan fingerprint density at radius 3 is 2.61 bits per heavy atom. The molecule has 204 valence electrons. The lowest BCUT2D eigenvalue weighted by molar-refractivity contribution is 0.0383. The van der Waals surface area contributed by atoms with E-state index in [1.54, 1.807) is 37.1 Å². The van der Waals surface area contributed by atoms with Crippen molar-refractivity contribution >= 4 is 26.8 Å². The fraction of sp³-hybridized carbons (Fsp3) is 0.500. The number of sulfone groups is 1. The first-order valence-corrected chi connectivity index (χ1v) is 14.5. The molecule has 1 atom stereocenters. The van der Waals surface area contributed by atoms with Crippen LogP contribution in [0.15, 0.2) is 24.3 Å². The second kappa shape index (κ2) is 10.9. The number of nitrogens with zero attached hydrogens (tertiary/aromatic N) is 4. The lowest BCUT2D eigenvalue weighted by Crippen LogP contribution is -2.41. The van der Waals surface area contributed by atoms with Gasteiger partial charge in [-0.3, -0.25) is 9.69 Å². The molecule has 11 nitrogen and oxygen atoms in total. The van der Waals surface area contributed by atoms with E-state index in [4.69, 9.17) is 19.2 Å². The summed E-state index contributed by atoms with van der Waals surface area (Å²) in [5.41, 5.74) is 2.87. The Morgan fingerprint density at radius 2 is 1.92 bits per heavy atom. The van der Waals surface area contributed by atoms with E-state index in [0.29, 0.717) is 65.7 Å². The van der Waals surface area contributed by atoms with Crippen molar-refractivity contribution in [2.45, 2.75) is 19.4 Å². The van der Waals surface area contributed by atoms with Gasteiger partial charge in [-0.05, 0) is 37.6 Å². The predicted molar refractivity (Wildman–Crippen MR) is 143 cm³/mol. The number of rotatable bonds is 8. The van der Waals surface area contributed by atoms with E-state index >= 15 is 0 Å². The molecule has 2 saturated heterocycles. The van der Waals surface area contributed by atoms with Crippen LogP contribution >= 0.6 is 0 Å². The Balaban J connectivity index is 1.55. The first-order valence-electron chi connectivity index (χ1n) is 12.7. The van der Waals surface area contributed by atoms with Gasteiger partial charge in [0.05, 0.1) is 67.3 Å². The number of hydrogen-bond acceptors (Lipinski definition) is 9. The molecule has 1 N–H and O–H groups in total. The van der Waals surface area contributed by atoms with E-state index in [2.05, 4.69) is 15.3 Å². The van der Waals surface area contributed by atoms with Crippen LogP contribution in [-0.4, -0.2) is 99.1 Å². The second-order valence-electron chi connectivity index (χ2n) is 9.62. The summed E-state index contributed by atoms with van der Waals surface area (Å²) in [7, 11) is -0.0154. The number of methoxy groups -OCH3 is 2. The fourth-order valence-corrected chi connectivity index (χ4v) is 6.80. The van der Waals surface area contributed by atoms with Gasteiger partial charge >= 0.3 is 0 Å². The molecule has 1 amide bonds. The number of benzene rings is 1. The number of carbonyl (C=O) groups excluding carboxylic acids is 1. The third kappa shape index (κ3) is 5.33. The molecule has 2 aliphatic rings. The van der Waals surface area contributed by atoms with Gasteiger partial charge in [-0.2, -0.15) is 5.10 Å². The number of morpholine rings is 1. The van der Waals surface area contributed by atoms with Crippen LogP contribution in [0.2, 0.25) is 0 Å². The molecule has 2 aromatic heterocycles. The van der Waals surface area contributed by atoms with Crippen molar-refractivity contribution in [2.75, 3.05) is 65.1 Å². The predicted octanol–water partition coefficient (Wildman–Crippen LogP) is 1.85. The molecule has 12 heteroatoms. The Hall–Kier alpha value is -3.22. The first-order chi connectivity index (χ1) is 18.3. The van der Waals surface area contributed by atoms with Crippen LogP contribution < -0.4 is 14.8 Å². The summed E-state index contributed by atoms with van der Waals surface area (Å²) in [6.07, 6.45) is 0.460. The molecule has 1 aromatic carbocycles. The number of fused-ring (bicyclic) bond motifs is 1.